The SMILES string of the molecule is NC1CC2CCC(C1)N2c1cc(Cl)ccc1Br. The Morgan fingerprint density at radius 1 is 1.24 bits per heavy atom. The summed E-state index contributed by atoms with van der Waals surface area (Å²) >= 11 is 9.74. The van der Waals surface area contributed by atoms with E-state index in [0.29, 0.717) is 18.1 Å². The summed E-state index contributed by atoms with van der Waals surface area (Å²) < 4.78 is 1.13. The molecule has 2 fully saturated rings. The molecule has 4 heteroatoms. The number of rotatable bonds is 1. The third-order valence-electron chi connectivity index (χ3n) is 3.96. The van der Waals surface area contributed by atoms with E-state index in [9.17, 15) is 0 Å². The van der Waals surface area contributed by atoms with Gasteiger partial charge in [0.15, 0.2) is 0 Å². The van der Waals surface area contributed by atoms with Crippen LogP contribution in [-0.2, 0) is 0 Å². The monoisotopic (exact) mass is 314 g/mol. The fourth-order valence-electron chi connectivity index (χ4n) is 3.30. The van der Waals surface area contributed by atoms with Gasteiger partial charge in [-0.2, -0.15) is 0 Å². The normalized spacial score (nSPS) is 31.9. The van der Waals surface area contributed by atoms with Gasteiger partial charge in [0.2, 0.25) is 0 Å². The second kappa shape index (κ2) is 4.45. The van der Waals surface area contributed by atoms with Crippen LogP contribution in [0, 0.1) is 0 Å². The van der Waals surface area contributed by atoms with E-state index in [1.807, 2.05) is 12.1 Å². The molecule has 0 aromatic heterocycles. The van der Waals surface area contributed by atoms with E-state index in [1.54, 1.807) is 0 Å². The zero-order chi connectivity index (χ0) is 12.0. The Bertz CT molecular complexity index is 423. The minimum atomic E-state index is 0.377. The highest BCUT2D eigenvalue weighted by Gasteiger charge is 2.40. The summed E-state index contributed by atoms with van der Waals surface area (Å²) in [6.45, 7) is 0. The van der Waals surface area contributed by atoms with E-state index in [-0.39, 0.29) is 0 Å². The second-order valence-corrected chi connectivity index (χ2v) is 6.41. The summed E-state index contributed by atoms with van der Waals surface area (Å²) in [5, 5.41) is 0.803. The largest absolute Gasteiger partial charge is 0.364 e. The van der Waals surface area contributed by atoms with Gasteiger partial charge in [-0.25, -0.2) is 0 Å². The minimum Gasteiger partial charge on any atom is -0.364 e. The summed E-state index contributed by atoms with van der Waals surface area (Å²) in [4.78, 5) is 2.53. The average Bonchev–Trinajstić information content (AvgIpc) is 2.54. The van der Waals surface area contributed by atoms with Crippen LogP contribution in [0.2, 0.25) is 5.02 Å². The zero-order valence-electron chi connectivity index (χ0n) is 9.57. The van der Waals surface area contributed by atoms with Gasteiger partial charge in [-0.1, -0.05) is 11.6 Å². The van der Waals surface area contributed by atoms with Crippen LogP contribution >= 0.6 is 27.5 Å². The first-order valence-electron chi connectivity index (χ1n) is 6.14. The molecule has 2 heterocycles. The van der Waals surface area contributed by atoms with Gasteiger partial charge in [0.05, 0.1) is 5.69 Å². The molecule has 2 aliphatic heterocycles. The van der Waals surface area contributed by atoms with Crippen LogP contribution in [0.1, 0.15) is 25.7 Å². The van der Waals surface area contributed by atoms with Crippen molar-refractivity contribution in [3.8, 4) is 0 Å². The molecule has 0 saturated carbocycles. The van der Waals surface area contributed by atoms with Gasteiger partial charge in [0.25, 0.3) is 0 Å². The number of piperidine rings is 1. The minimum absolute atomic E-state index is 0.377. The van der Waals surface area contributed by atoms with Crippen molar-refractivity contribution < 1.29 is 0 Å². The van der Waals surface area contributed by atoms with E-state index >= 15 is 0 Å². The van der Waals surface area contributed by atoms with Crippen molar-refractivity contribution >= 4 is 33.2 Å². The third kappa shape index (κ3) is 2.09. The molecule has 0 radical (unpaired) electrons. The van der Waals surface area contributed by atoms with Crippen molar-refractivity contribution in [1.29, 1.82) is 0 Å². The Morgan fingerprint density at radius 3 is 2.53 bits per heavy atom. The van der Waals surface area contributed by atoms with Crippen LogP contribution in [0.5, 0.6) is 0 Å². The van der Waals surface area contributed by atoms with E-state index in [0.717, 1.165) is 22.3 Å². The Labute approximate surface area is 115 Å². The Hall–Kier alpha value is -0.250. The molecule has 2 N–H and O–H groups in total. The Balaban J connectivity index is 1.97. The molecule has 0 amide bonds. The molecular formula is C13H16BrClN2. The number of benzene rings is 1. The van der Waals surface area contributed by atoms with Crippen LogP contribution < -0.4 is 10.6 Å². The van der Waals surface area contributed by atoms with Gasteiger partial charge < -0.3 is 10.6 Å². The average molecular weight is 316 g/mol. The van der Waals surface area contributed by atoms with Crippen molar-refractivity contribution in [3.63, 3.8) is 0 Å². The van der Waals surface area contributed by atoms with Gasteiger partial charge in [0, 0.05) is 27.6 Å². The molecule has 2 nitrogen and oxygen atoms in total. The molecule has 3 rings (SSSR count). The molecule has 2 unspecified atom stereocenters. The molecule has 0 spiro atoms. The number of hydrogen-bond acceptors (Lipinski definition) is 2. The van der Waals surface area contributed by atoms with Crippen molar-refractivity contribution in [2.75, 3.05) is 4.90 Å². The Kier molecular flexibility index (Phi) is 3.09. The predicted molar refractivity (Wildman–Crippen MR) is 75.7 cm³/mol. The predicted octanol–water partition coefficient (Wildman–Crippen LogP) is 3.56. The first-order chi connectivity index (χ1) is 8.15. The number of fused-ring (bicyclic) bond motifs is 2. The van der Waals surface area contributed by atoms with Crippen molar-refractivity contribution in [3.05, 3.63) is 27.7 Å². The number of anilines is 1. The van der Waals surface area contributed by atoms with Crippen LogP contribution in [0.15, 0.2) is 22.7 Å². The molecule has 0 aliphatic carbocycles. The molecule has 2 atom stereocenters. The van der Waals surface area contributed by atoms with Gasteiger partial charge in [-0.15, -0.1) is 0 Å². The maximum atomic E-state index is 6.11. The lowest BCUT2D eigenvalue weighted by Gasteiger charge is -2.40. The number of hydrogen-bond donors (Lipinski definition) is 1. The lowest BCUT2D eigenvalue weighted by Crippen LogP contribution is -2.47. The summed E-state index contributed by atoms with van der Waals surface area (Å²) in [5.41, 5.74) is 7.33. The third-order valence-corrected chi connectivity index (χ3v) is 4.86. The smallest absolute Gasteiger partial charge is 0.0530 e. The molecule has 1 aromatic rings. The molecule has 2 aliphatic rings. The number of nitrogens with zero attached hydrogens (tertiary/aromatic N) is 1. The van der Waals surface area contributed by atoms with Crippen LogP contribution in [0.25, 0.3) is 0 Å². The second-order valence-electron chi connectivity index (χ2n) is 5.12. The quantitative estimate of drug-likeness (QED) is 0.858. The lowest BCUT2D eigenvalue weighted by atomic mass is 9.97. The van der Waals surface area contributed by atoms with Crippen LogP contribution in [0.3, 0.4) is 0 Å². The zero-order valence-corrected chi connectivity index (χ0v) is 11.9. The summed E-state index contributed by atoms with van der Waals surface area (Å²) in [6, 6.07) is 7.59. The van der Waals surface area contributed by atoms with Crippen molar-refractivity contribution in [2.45, 2.75) is 43.8 Å². The number of halogens is 2. The fourth-order valence-corrected chi connectivity index (χ4v) is 3.91. The highest BCUT2D eigenvalue weighted by molar-refractivity contribution is 9.10. The van der Waals surface area contributed by atoms with Crippen LogP contribution in [0.4, 0.5) is 5.69 Å². The standard InChI is InChI=1S/C13H16BrClN2/c14-12-4-1-8(15)5-13(12)17-10-2-3-11(17)7-9(16)6-10/h1,4-5,9-11H,2-3,6-7,16H2. The maximum absolute atomic E-state index is 6.11. The number of nitrogens with two attached hydrogens (primary N) is 1. The molecule has 2 saturated heterocycles. The summed E-state index contributed by atoms with van der Waals surface area (Å²) in [5.74, 6) is 0. The van der Waals surface area contributed by atoms with Crippen molar-refractivity contribution in [2.24, 2.45) is 5.73 Å². The molecule has 1 aromatic carbocycles. The van der Waals surface area contributed by atoms with E-state index < -0.39 is 0 Å². The molecule has 2 bridgehead atoms. The summed E-state index contributed by atoms with van der Waals surface area (Å²) in [7, 11) is 0. The molecule has 17 heavy (non-hydrogen) atoms. The molecule has 92 valence electrons. The Morgan fingerprint density at radius 2 is 1.88 bits per heavy atom. The van der Waals surface area contributed by atoms with Gasteiger partial charge in [0.1, 0.15) is 0 Å². The maximum Gasteiger partial charge on any atom is 0.0530 e. The van der Waals surface area contributed by atoms with E-state index in [1.165, 1.54) is 18.5 Å². The summed E-state index contributed by atoms with van der Waals surface area (Å²) in [6.07, 6.45) is 4.74. The lowest BCUT2D eigenvalue weighted by molar-refractivity contribution is 0.414. The highest BCUT2D eigenvalue weighted by atomic mass is 79.9. The van der Waals surface area contributed by atoms with Crippen molar-refractivity contribution in [1.82, 2.24) is 0 Å². The molecular weight excluding hydrogens is 300 g/mol. The van der Waals surface area contributed by atoms with Crippen LogP contribution in [-0.4, -0.2) is 18.1 Å². The fraction of sp³-hybridized carbons (Fsp3) is 0.538. The van der Waals surface area contributed by atoms with Gasteiger partial charge in [-0.05, 0) is 59.8 Å². The first kappa shape index (κ1) is 11.8. The highest BCUT2D eigenvalue weighted by Crippen LogP contribution is 2.42. The topological polar surface area (TPSA) is 29.3 Å². The first-order valence-corrected chi connectivity index (χ1v) is 7.31. The van der Waals surface area contributed by atoms with E-state index in [2.05, 4.69) is 26.9 Å². The van der Waals surface area contributed by atoms with E-state index in [4.69, 9.17) is 17.3 Å². The van der Waals surface area contributed by atoms with Gasteiger partial charge >= 0.3 is 0 Å². The van der Waals surface area contributed by atoms with Gasteiger partial charge in [-0.3, -0.25) is 0 Å².